The lowest BCUT2D eigenvalue weighted by Gasteiger charge is -2.24. The summed E-state index contributed by atoms with van der Waals surface area (Å²) in [5, 5.41) is 23.8. The number of aliphatic hydroxyl groups excluding tert-OH is 2. The molecule has 3 N–H and O–H groups in total. The normalized spacial score (nSPS) is 14.2. The lowest BCUT2D eigenvalue weighted by atomic mass is 10.0. The molecule has 1 amide bonds. The number of rotatable bonds is 47. The van der Waals surface area contributed by atoms with Gasteiger partial charge in [-0.25, -0.2) is 0 Å². The second-order valence-corrected chi connectivity index (χ2v) is 18.2. The maximum absolute atomic E-state index is 13.2. The molecule has 67 heavy (non-hydrogen) atoms. The van der Waals surface area contributed by atoms with Crippen LogP contribution in [0.25, 0.3) is 0 Å². The lowest BCUT2D eigenvalue weighted by Crippen LogP contribution is -2.46. The molecule has 0 saturated carbocycles. The van der Waals surface area contributed by atoms with E-state index in [2.05, 4.69) is 86.8 Å². The Labute approximate surface area is 412 Å². The average molecular weight is 928 g/mol. The van der Waals surface area contributed by atoms with Crippen LogP contribution < -0.4 is 5.32 Å². The molecule has 0 aliphatic heterocycles. The molecule has 0 heterocycles. The van der Waals surface area contributed by atoms with E-state index in [0.29, 0.717) is 19.3 Å². The molecule has 6 nitrogen and oxygen atoms in total. The number of hydrogen-bond acceptors (Lipinski definition) is 5. The van der Waals surface area contributed by atoms with Crippen LogP contribution >= 0.6 is 0 Å². The maximum atomic E-state index is 13.2. The van der Waals surface area contributed by atoms with Crippen LogP contribution in [0.1, 0.15) is 226 Å². The Morgan fingerprint density at radius 2 is 0.791 bits per heavy atom. The van der Waals surface area contributed by atoms with Gasteiger partial charge in [0.2, 0.25) is 5.91 Å². The largest absolute Gasteiger partial charge is 0.462 e. The Morgan fingerprint density at radius 1 is 0.433 bits per heavy atom. The number of carbonyl (C=O) groups is 2. The van der Waals surface area contributed by atoms with Crippen molar-refractivity contribution < 1.29 is 24.5 Å². The third kappa shape index (κ3) is 48.5. The summed E-state index contributed by atoms with van der Waals surface area (Å²) in [4.78, 5) is 26.2. The molecule has 0 aromatic rings. The number of ether oxygens (including phenoxy) is 1. The predicted molar refractivity (Wildman–Crippen MR) is 291 cm³/mol. The van der Waals surface area contributed by atoms with E-state index >= 15 is 0 Å². The zero-order chi connectivity index (χ0) is 48.8. The third-order valence-corrected chi connectivity index (χ3v) is 11.7. The van der Waals surface area contributed by atoms with Gasteiger partial charge in [0.1, 0.15) is 6.10 Å². The summed E-state index contributed by atoms with van der Waals surface area (Å²) < 4.78 is 5.92. The zero-order valence-corrected chi connectivity index (χ0v) is 43.2. The second kappa shape index (κ2) is 53.2. The van der Waals surface area contributed by atoms with Crippen molar-refractivity contribution in [3.05, 3.63) is 122 Å². The number of unbranched alkanes of at least 4 members (excludes halogenated alkanes) is 23. The highest BCUT2D eigenvalue weighted by Gasteiger charge is 2.24. The molecule has 0 spiro atoms. The molecule has 0 aromatic heterocycles. The first-order valence-electron chi connectivity index (χ1n) is 27.4. The van der Waals surface area contributed by atoms with Crippen molar-refractivity contribution in [3.63, 3.8) is 0 Å². The van der Waals surface area contributed by atoms with Crippen LogP contribution in [-0.2, 0) is 14.3 Å². The van der Waals surface area contributed by atoms with Crippen molar-refractivity contribution in [1.29, 1.82) is 0 Å². The van der Waals surface area contributed by atoms with Crippen molar-refractivity contribution in [2.75, 3.05) is 6.61 Å². The van der Waals surface area contributed by atoms with Crippen LogP contribution in [0, 0.1) is 0 Å². The number of aliphatic hydroxyl groups is 2. The Hall–Kier alpha value is -3.74. The molecular formula is C61H101NO5. The molecule has 0 bridgehead atoms. The van der Waals surface area contributed by atoms with Crippen molar-refractivity contribution in [1.82, 2.24) is 5.32 Å². The van der Waals surface area contributed by atoms with Gasteiger partial charge >= 0.3 is 5.97 Å². The number of hydrogen-bond donors (Lipinski definition) is 3. The number of esters is 1. The van der Waals surface area contributed by atoms with E-state index in [4.69, 9.17) is 4.74 Å². The quantitative estimate of drug-likeness (QED) is 0.0321. The summed E-state index contributed by atoms with van der Waals surface area (Å²) in [6, 6.07) is -0.731. The van der Waals surface area contributed by atoms with Gasteiger partial charge in [-0.3, -0.25) is 9.59 Å². The highest BCUT2D eigenvalue weighted by Crippen LogP contribution is 2.17. The van der Waals surface area contributed by atoms with Crippen LogP contribution in [0.2, 0.25) is 0 Å². The standard InChI is InChI=1S/C61H101NO5/c1-4-7-10-13-16-19-22-25-28-30-31-33-36-39-42-45-48-51-54-61(66)67-57(52-49-46-43-40-37-34-32-29-26-23-20-17-14-11-8-5-2)55-60(65)62-58(56-63)59(64)53-50-47-44-41-38-35-27-24-21-18-15-12-9-6-3/h10-11,13-14,16-17,19-20,22-23,25-26,28-34,37,57-59,63-64H,4-9,12,15,18,21,24,27,35-36,38-56H2,1-3H3,(H,62,65)/b13-10+,14-11+,19-16+,20-17+,25-22+,26-23+,30-28+,32-29+,33-31+,37-34+. The molecule has 6 heteroatoms. The molecule has 0 fully saturated rings. The van der Waals surface area contributed by atoms with E-state index in [9.17, 15) is 19.8 Å². The van der Waals surface area contributed by atoms with Gasteiger partial charge < -0.3 is 20.3 Å². The number of nitrogens with one attached hydrogen (secondary N) is 1. The van der Waals surface area contributed by atoms with E-state index in [1.54, 1.807) is 0 Å². The molecule has 380 valence electrons. The first-order valence-corrected chi connectivity index (χ1v) is 27.4. The van der Waals surface area contributed by atoms with Gasteiger partial charge in [-0.05, 0) is 64.2 Å². The minimum absolute atomic E-state index is 0.0308. The Morgan fingerprint density at radius 3 is 1.22 bits per heavy atom. The summed E-state index contributed by atoms with van der Waals surface area (Å²) in [5.74, 6) is -0.554. The molecule has 3 atom stereocenters. The fraction of sp³-hybridized carbons (Fsp3) is 0.639. The molecule has 0 saturated heterocycles. The number of allylic oxidation sites excluding steroid dienone is 20. The summed E-state index contributed by atoms with van der Waals surface area (Å²) in [5.41, 5.74) is 0. The van der Waals surface area contributed by atoms with Gasteiger partial charge in [0.25, 0.3) is 0 Å². The summed E-state index contributed by atoms with van der Waals surface area (Å²) in [7, 11) is 0. The summed E-state index contributed by atoms with van der Waals surface area (Å²) in [6.07, 6.45) is 73.8. The van der Waals surface area contributed by atoms with Crippen LogP contribution in [0.4, 0.5) is 0 Å². The van der Waals surface area contributed by atoms with E-state index in [0.717, 1.165) is 103 Å². The average Bonchev–Trinajstić information content (AvgIpc) is 3.32. The van der Waals surface area contributed by atoms with Gasteiger partial charge in [0.15, 0.2) is 0 Å². The molecule has 0 aliphatic carbocycles. The molecular weight excluding hydrogens is 827 g/mol. The van der Waals surface area contributed by atoms with Gasteiger partial charge in [0.05, 0.1) is 25.2 Å². The minimum Gasteiger partial charge on any atom is -0.462 e. The summed E-state index contributed by atoms with van der Waals surface area (Å²) >= 11 is 0. The van der Waals surface area contributed by atoms with E-state index < -0.39 is 18.2 Å². The third-order valence-electron chi connectivity index (χ3n) is 11.7. The monoisotopic (exact) mass is 928 g/mol. The Kier molecular flexibility index (Phi) is 50.2. The zero-order valence-electron chi connectivity index (χ0n) is 43.2. The molecule has 0 aliphatic rings. The minimum atomic E-state index is -0.813. The van der Waals surface area contributed by atoms with E-state index in [-0.39, 0.29) is 24.9 Å². The van der Waals surface area contributed by atoms with E-state index in [1.807, 2.05) is 60.8 Å². The maximum Gasteiger partial charge on any atom is 0.306 e. The first-order chi connectivity index (χ1) is 33.0. The first kappa shape index (κ1) is 63.3. The van der Waals surface area contributed by atoms with Crippen molar-refractivity contribution in [2.45, 2.75) is 244 Å². The highest BCUT2D eigenvalue weighted by atomic mass is 16.5. The molecule has 3 unspecified atom stereocenters. The van der Waals surface area contributed by atoms with Crippen molar-refractivity contribution >= 4 is 11.9 Å². The highest BCUT2D eigenvalue weighted by molar-refractivity contribution is 5.77. The van der Waals surface area contributed by atoms with Crippen molar-refractivity contribution in [3.8, 4) is 0 Å². The predicted octanol–water partition coefficient (Wildman–Crippen LogP) is 16.8. The molecule has 0 radical (unpaired) electrons. The number of amides is 1. The van der Waals surface area contributed by atoms with Crippen molar-refractivity contribution in [2.24, 2.45) is 0 Å². The summed E-state index contributed by atoms with van der Waals surface area (Å²) in [6.45, 7) is 6.29. The van der Waals surface area contributed by atoms with Crippen LogP contribution in [0.5, 0.6) is 0 Å². The SMILES string of the molecule is CCC/C=C/C=C/C=C/C=C/C=C/CCCCCCCC(=O)OC(CCCCC/C=C/C=C/C=C/C=C/C=C/CCC)CC(=O)NC(CO)C(O)CCCCCCCCCCCCCCCC. The lowest BCUT2D eigenvalue weighted by molar-refractivity contribution is -0.151. The topological polar surface area (TPSA) is 95.9 Å². The fourth-order valence-corrected chi connectivity index (χ4v) is 7.61. The molecule has 0 rings (SSSR count). The van der Waals surface area contributed by atoms with Gasteiger partial charge in [-0.2, -0.15) is 0 Å². The van der Waals surface area contributed by atoms with Crippen LogP contribution in [0.3, 0.4) is 0 Å². The van der Waals surface area contributed by atoms with Gasteiger partial charge in [-0.1, -0.05) is 271 Å². The van der Waals surface area contributed by atoms with Gasteiger partial charge in [-0.15, -0.1) is 0 Å². The van der Waals surface area contributed by atoms with Gasteiger partial charge in [0, 0.05) is 6.42 Å². The second-order valence-electron chi connectivity index (χ2n) is 18.2. The van der Waals surface area contributed by atoms with Crippen LogP contribution in [0.15, 0.2) is 122 Å². The van der Waals surface area contributed by atoms with Crippen LogP contribution in [-0.4, -0.2) is 46.9 Å². The van der Waals surface area contributed by atoms with E-state index in [1.165, 1.54) is 77.0 Å². The smallest absolute Gasteiger partial charge is 0.306 e. The Balaban J connectivity index is 4.75. The molecule has 0 aromatic carbocycles. The number of carbonyl (C=O) groups excluding carboxylic acids is 2. The Bertz CT molecular complexity index is 1410. The fourth-order valence-electron chi connectivity index (χ4n) is 7.61.